The van der Waals surface area contributed by atoms with Gasteiger partial charge in [0.15, 0.2) is 0 Å². The molecule has 0 unspecified atom stereocenters. The largest absolute Gasteiger partial charge is 0.341 e. The zero-order chi connectivity index (χ0) is 19.0. The average Bonchev–Trinajstić information content (AvgIpc) is 2.60. The zero-order valence-corrected chi connectivity index (χ0v) is 16.3. The van der Waals surface area contributed by atoms with Gasteiger partial charge in [0.25, 0.3) is 11.8 Å². The fourth-order valence-corrected chi connectivity index (χ4v) is 2.82. The van der Waals surface area contributed by atoms with Gasteiger partial charge in [-0.3, -0.25) is 9.59 Å². The van der Waals surface area contributed by atoms with Crippen molar-refractivity contribution >= 4 is 11.8 Å². The van der Waals surface area contributed by atoms with Crippen LogP contribution in [0.4, 0.5) is 0 Å². The minimum Gasteiger partial charge on any atom is -0.341 e. The Kier molecular flexibility index (Phi) is 8.10. The van der Waals surface area contributed by atoms with Crippen molar-refractivity contribution in [1.29, 1.82) is 0 Å². The smallest absolute Gasteiger partial charge is 0.253 e. The van der Waals surface area contributed by atoms with Crippen LogP contribution in [0.1, 0.15) is 61.3 Å². The highest BCUT2D eigenvalue weighted by Gasteiger charge is 2.23. The van der Waals surface area contributed by atoms with Gasteiger partial charge in [-0.25, -0.2) is 0 Å². The van der Waals surface area contributed by atoms with Gasteiger partial charge < -0.3 is 15.5 Å². The lowest BCUT2D eigenvalue weighted by Gasteiger charge is -2.29. The molecule has 0 atom stereocenters. The fraction of sp³-hybridized carbons (Fsp3) is 0.600. The number of nitrogens with two attached hydrogens (primary N) is 1. The minimum absolute atomic E-state index is 0.0108. The quantitative estimate of drug-likeness (QED) is 0.747. The first-order chi connectivity index (χ1) is 11.8. The second-order valence-corrected chi connectivity index (χ2v) is 7.40. The van der Waals surface area contributed by atoms with Crippen molar-refractivity contribution in [3.05, 3.63) is 35.4 Å². The summed E-state index contributed by atoms with van der Waals surface area (Å²) >= 11 is 0. The third-order valence-electron chi connectivity index (χ3n) is 4.20. The summed E-state index contributed by atoms with van der Waals surface area (Å²) < 4.78 is 0. The molecule has 2 amide bonds. The highest BCUT2D eigenvalue weighted by Crippen LogP contribution is 2.17. The summed E-state index contributed by atoms with van der Waals surface area (Å²) in [7, 11) is 1.77. The van der Waals surface area contributed by atoms with Gasteiger partial charge in [-0.05, 0) is 43.0 Å². The maximum absolute atomic E-state index is 12.7. The molecule has 0 saturated heterocycles. The molecule has 1 rings (SSSR count). The van der Waals surface area contributed by atoms with Crippen molar-refractivity contribution in [2.75, 3.05) is 33.2 Å². The molecule has 0 radical (unpaired) electrons. The van der Waals surface area contributed by atoms with Crippen LogP contribution in [0.15, 0.2) is 24.3 Å². The monoisotopic (exact) mass is 347 g/mol. The van der Waals surface area contributed by atoms with Crippen molar-refractivity contribution in [2.24, 2.45) is 11.1 Å². The van der Waals surface area contributed by atoms with Crippen molar-refractivity contribution in [3.8, 4) is 0 Å². The van der Waals surface area contributed by atoms with Crippen LogP contribution in [0.5, 0.6) is 0 Å². The Hall–Kier alpha value is -1.88. The maximum atomic E-state index is 12.7. The number of hydrogen-bond donors (Lipinski definition) is 1. The molecule has 140 valence electrons. The van der Waals surface area contributed by atoms with E-state index in [1.807, 2.05) is 18.7 Å². The van der Waals surface area contributed by atoms with Crippen molar-refractivity contribution in [2.45, 2.75) is 40.5 Å². The predicted octanol–water partition coefficient (Wildman–Crippen LogP) is 3.01. The van der Waals surface area contributed by atoms with E-state index >= 15 is 0 Å². The Bertz CT molecular complexity index is 578. The SMILES string of the molecule is CCCN(CCC)C(=O)c1cccc(C(=O)N(C)CC(C)(C)CN)c1. The summed E-state index contributed by atoms with van der Waals surface area (Å²) in [6.07, 6.45) is 1.84. The van der Waals surface area contributed by atoms with Gasteiger partial charge in [0.2, 0.25) is 0 Å². The van der Waals surface area contributed by atoms with Crippen LogP contribution in [-0.2, 0) is 0 Å². The lowest BCUT2D eigenvalue weighted by molar-refractivity contribution is 0.0740. The second-order valence-electron chi connectivity index (χ2n) is 7.40. The summed E-state index contributed by atoms with van der Waals surface area (Å²) in [5.41, 5.74) is 6.72. The Labute approximate surface area is 152 Å². The van der Waals surface area contributed by atoms with Crippen LogP contribution in [0, 0.1) is 5.41 Å². The van der Waals surface area contributed by atoms with E-state index in [1.54, 1.807) is 36.2 Å². The van der Waals surface area contributed by atoms with Crippen LogP contribution < -0.4 is 5.73 Å². The molecule has 2 N–H and O–H groups in total. The zero-order valence-electron chi connectivity index (χ0n) is 16.3. The summed E-state index contributed by atoms with van der Waals surface area (Å²) in [6.45, 7) is 10.7. The Balaban J connectivity index is 2.96. The summed E-state index contributed by atoms with van der Waals surface area (Å²) in [5, 5.41) is 0. The molecule has 0 aliphatic carbocycles. The van der Waals surface area contributed by atoms with Crippen LogP contribution >= 0.6 is 0 Å². The first-order valence-electron chi connectivity index (χ1n) is 9.10. The van der Waals surface area contributed by atoms with E-state index in [-0.39, 0.29) is 17.2 Å². The van der Waals surface area contributed by atoms with Crippen LogP contribution in [0.25, 0.3) is 0 Å². The number of carbonyl (C=O) groups excluding carboxylic acids is 2. The predicted molar refractivity (Wildman–Crippen MR) is 103 cm³/mol. The van der Waals surface area contributed by atoms with E-state index in [1.165, 1.54) is 0 Å². The van der Waals surface area contributed by atoms with E-state index in [0.717, 1.165) is 25.9 Å². The van der Waals surface area contributed by atoms with Gasteiger partial charge in [0, 0.05) is 37.8 Å². The van der Waals surface area contributed by atoms with Gasteiger partial charge in [0.05, 0.1) is 0 Å². The molecule has 1 aromatic carbocycles. The van der Waals surface area contributed by atoms with Crippen molar-refractivity contribution < 1.29 is 9.59 Å². The van der Waals surface area contributed by atoms with Gasteiger partial charge in [-0.2, -0.15) is 0 Å². The van der Waals surface area contributed by atoms with Crippen LogP contribution in [0.2, 0.25) is 0 Å². The molecule has 5 nitrogen and oxygen atoms in total. The molecule has 0 saturated carbocycles. The standard InChI is InChI=1S/C20H33N3O2/c1-6-11-23(12-7-2)19(25)17-10-8-9-16(13-17)18(24)22(5)15-20(3,4)14-21/h8-10,13H,6-7,11-12,14-15,21H2,1-5H3. The number of nitrogens with zero attached hydrogens (tertiary/aromatic N) is 2. The highest BCUT2D eigenvalue weighted by atomic mass is 16.2. The van der Waals surface area contributed by atoms with Crippen molar-refractivity contribution in [3.63, 3.8) is 0 Å². The summed E-state index contributed by atoms with van der Waals surface area (Å²) in [4.78, 5) is 28.9. The molecular formula is C20H33N3O2. The third kappa shape index (κ3) is 6.16. The number of benzene rings is 1. The van der Waals surface area contributed by atoms with Crippen LogP contribution in [0.3, 0.4) is 0 Å². The number of amides is 2. The topological polar surface area (TPSA) is 66.6 Å². The molecule has 0 spiro atoms. The Morgan fingerprint density at radius 1 is 1.04 bits per heavy atom. The number of carbonyl (C=O) groups is 2. The maximum Gasteiger partial charge on any atom is 0.253 e. The molecule has 5 heteroatoms. The van der Waals surface area contributed by atoms with E-state index in [2.05, 4.69) is 13.8 Å². The fourth-order valence-electron chi connectivity index (χ4n) is 2.82. The lowest BCUT2D eigenvalue weighted by atomic mass is 9.93. The normalized spacial score (nSPS) is 11.3. The second kappa shape index (κ2) is 9.56. The molecular weight excluding hydrogens is 314 g/mol. The summed E-state index contributed by atoms with van der Waals surface area (Å²) in [6, 6.07) is 7.02. The van der Waals surface area contributed by atoms with Crippen LogP contribution in [-0.4, -0.2) is 54.8 Å². The first kappa shape index (κ1) is 21.2. The first-order valence-corrected chi connectivity index (χ1v) is 9.10. The molecule has 0 heterocycles. The van der Waals surface area contributed by atoms with Crippen molar-refractivity contribution in [1.82, 2.24) is 9.80 Å². The molecule has 0 bridgehead atoms. The molecule has 0 fully saturated rings. The van der Waals surface area contributed by atoms with Gasteiger partial charge in [0.1, 0.15) is 0 Å². The Morgan fingerprint density at radius 2 is 1.56 bits per heavy atom. The summed E-state index contributed by atoms with van der Waals surface area (Å²) in [5.74, 6) is -0.100. The van der Waals surface area contributed by atoms with E-state index < -0.39 is 0 Å². The van der Waals surface area contributed by atoms with Gasteiger partial charge >= 0.3 is 0 Å². The Morgan fingerprint density at radius 3 is 2.04 bits per heavy atom. The number of rotatable bonds is 9. The molecule has 0 aliphatic heterocycles. The average molecular weight is 348 g/mol. The van der Waals surface area contributed by atoms with E-state index in [9.17, 15) is 9.59 Å². The lowest BCUT2D eigenvalue weighted by Crippen LogP contribution is -2.39. The van der Waals surface area contributed by atoms with E-state index in [0.29, 0.717) is 24.2 Å². The van der Waals surface area contributed by atoms with Gasteiger partial charge in [-0.15, -0.1) is 0 Å². The number of hydrogen-bond acceptors (Lipinski definition) is 3. The van der Waals surface area contributed by atoms with E-state index in [4.69, 9.17) is 5.73 Å². The molecule has 25 heavy (non-hydrogen) atoms. The third-order valence-corrected chi connectivity index (χ3v) is 4.20. The molecule has 0 aliphatic rings. The highest BCUT2D eigenvalue weighted by molar-refractivity contribution is 5.99. The molecule has 1 aromatic rings. The minimum atomic E-state index is -0.142. The molecule has 0 aromatic heterocycles. The van der Waals surface area contributed by atoms with Gasteiger partial charge in [-0.1, -0.05) is 33.8 Å².